The van der Waals surface area contributed by atoms with Crippen molar-refractivity contribution >= 4 is 5.91 Å². The Bertz CT molecular complexity index is 323. The van der Waals surface area contributed by atoms with E-state index in [-0.39, 0.29) is 12.0 Å². The summed E-state index contributed by atoms with van der Waals surface area (Å²) >= 11 is 0. The largest absolute Gasteiger partial charge is 0.378 e. The predicted octanol–water partition coefficient (Wildman–Crippen LogP) is 0.112. The van der Waals surface area contributed by atoms with E-state index >= 15 is 0 Å². The maximum atomic E-state index is 12.2. The highest BCUT2D eigenvalue weighted by atomic mass is 16.8. The van der Waals surface area contributed by atoms with Crippen molar-refractivity contribution in [3.63, 3.8) is 0 Å². The van der Waals surface area contributed by atoms with Crippen LogP contribution in [-0.4, -0.2) is 61.4 Å². The summed E-state index contributed by atoms with van der Waals surface area (Å²) in [6.45, 7) is 6.19. The molecule has 0 aromatic rings. The van der Waals surface area contributed by atoms with E-state index in [2.05, 4.69) is 0 Å². The van der Waals surface area contributed by atoms with Crippen LogP contribution in [0.4, 0.5) is 0 Å². The molecule has 3 aliphatic heterocycles. The van der Waals surface area contributed by atoms with E-state index in [0.717, 1.165) is 0 Å². The van der Waals surface area contributed by atoms with Crippen molar-refractivity contribution in [1.82, 2.24) is 4.90 Å². The van der Waals surface area contributed by atoms with Crippen LogP contribution in [0.1, 0.15) is 20.3 Å². The van der Waals surface area contributed by atoms with Gasteiger partial charge >= 0.3 is 0 Å². The van der Waals surface area contributed by atoms with Crippen LogP contribution in [0.2, 0.25) is 0 Å². The van der Waals surface area contributed by atoms with Gasteiger partial charge in [-0.2, -0.15) is 0 Å². The predicted molar refractivity (Wildman–Crippen MR) is 60.7 cm³/mol. The molecule has 2 unspecified atom stereocenters. The normalized spacial score (nSPS) is 38.8. The van der Waals surface area contributed by atoms with Crippen LogP contribution in [-0.2, 0) is 23.7 Å². The van der Waals surface area contributed by atoms with Crippen LogP contribution in [0.5, 0.6) is 0 Å². The van der Waals surface area contributed by atoms with Crippen LogP contribution in [0.15, 0.2) is 0 Å². The summed E-state index contributed by atoms with van der Waals surface area (Å²) in [7, 11) is 0. The number of carbonyl (C=O) groups is 1. The Labute approximate surface area is 106 Å². The topological polar surface area (TPSA) is 57.2 Å². The third kappa shape index (κ3) is 2.25. The second-order valence-corrected chi connectivity index (χ2v) is 5.34. The van der Waals surface area contributed by atoms with Crippen LogP contribution in [0, 0.1) is 0 Å². The van der Waals surface area contributed by atoms with Crippen molar-refractivity contribution in [3.05, 3.63) is 0 Å². The molecule has 0 spiro atoms. The number of fused-ring (bicyclic) bond motifs is 1. The van der Waals surface area contributed by atoms with E-state index in [1.807, 2.05) is 13.8 Å². The van der Waals surface area contributed by atoms with Crippen molar-refractivity contribution in [3.8, 4) is 0 Å². The maximum absolute atomic E-state index is 12.2. The van der Waals surface area contributed by atoms with Gasteiger partial charge in [0.05, 0.1) is 13.2 Å². The first-order valence-electron chi connectivity index (χ1n) is 6.43. The molecule has 3 atom stereocenters. The molecule has 6 heteroatoms. The zero-order chi connectivity index (χ0) is 12.8. The average Bonchev–Trinajstić information content (AvgIpc) is 2.82. The lowest BCUT2D eigenvalue weighted by molar-refractivity contribution is -0.208. The van der Waals surface area contributed by atoms with Crippen molar-refractivity contribution < 1.29 is 23.7 Å². The Morgan fingerprint density at radius 2 is 1.94 bits per heavy atom. The van der Waals surface area contributed by atoms with E-state index in [0.29, 0.717) is 32.7 Å². The SMILES string of the molecule is CC1(C)OC2CC(C(=O)N3CCOCC3)O[C@H]2O1. The Kier molecular flexibility index (Phi) is 3.05. The van der Waals surface area contributed by atoms with Crippen molar-refractivity contribution in [1.29, 1.82) is 0 Å². The van der Waals surface area contributed by atoms with Gasteiger partial charge in [0.1, 0.15) is 12.2 Å². The van der Waals surface area contributed by atoms with Gasteiger partial charge in [-0.3, -0.25) is 4.79 Å². The fraction of sp³-hybridized carbons (Fsp3) is 0.917. The zero-order valence-corrected chi connectivity index (χ0v) is 10.8. The average molecular weight is 257 g/mol. The van der Waals surface area contributed by atoms with Gasteiger partial charge in [-0.15, -0.1) is 0 Å². The molecule has 0 bridgehead atoms. The lowest BCUT2D eigenvalue weighted by atomic mass is 10.2. The Hall–Kier alpha value is -0.690. The Morgan fingerprint density at radius 3 is 2.61 bits per heavy atom. The van der Waals surface area contributed by atoms with Gasteiger partial charge in [-0.25, -0.2) is 0 Å². The summed E-state index contributed by atoms with van der Waals surface area (Å²) in [5.41, 5.74) is 0. The lowest BCUT2D eigenvalue weighted by Gasteiger charge is -2.29. The Morgan fingerprint density at radius 1 is 1.22 bits per heavy atom. The van der Waals surface area contributed by atoms with E-state index < -0.39 is 18.2 Å². The van der Waals surface area contributed by atoms with Gasteiger partial charge in [0, 0.05) is 19.5 Å². The lowest BCUT2D eigenvalue weighted by Crippen LogP contribution is -2.46. The molecule has 0 N–H and O–H groups in total. The minimum atomic E-state index is -0.609. The molecule has 0 aromatic heterocycles. The molecule has 3 heterocycles. The number of ether oxygens (including phenoxy) is 4. The van der Waals surface area contributed by atoms with E-state index in [9.17, 15) is 4.79 Å². The molecular formula is C12H19NO5. The van der Waals surface area contributed by atoms with Crippen molar-refractivity contribution in [2.24, 2.45) is 0 Å². The van der Waals surface area contributed by atoms with E-state index in [1.165, 1.54) is 0 Å². The fourth-order valence-electron chi connectivity index (χ4n) is 2.65. The summed E-state index contributed by atoms with van der Waals surface area (Å²) < 4.78 is 22.2. The molecular weight excluding hydrogens is 238 g/mol. The van der Waals surface area contributed by atoms with E-state index in [4.69, 9.17) is 18.9 Å². The highest BCUT2D eigenvalue weighted by Gasteiger charge is 2.50. The van der Waals surface area contributed by atoms with Gasteiger partial charge in [-0.05, 0) is 13.8 Å². The second kappa shape index (κ2) is 4.45. The highest BCUT2D eigenvalue weighted by Crippen LogP contribution is 2.37. The molecule has 0 radical (unpaired) electrons. The van der Waals surface area contributed by atoms with Crippen molar-refractivity contribution in [2.45, 2.75) is 44.6 Å². The van der Waals surface area contributed by atoms with E-state index in [1.54, 1.807) is 4.90 Å². The minimum Gasteiger partial charge on any atom is -0.378 e. The highest BCUT2D eigenvalue weighted by molar-refractivity contribution is 5.81. The summed E-state index contributed by atoms with van der Waals surface area (Å²) in [5.74, 6) is -0.583. The molecule has 0 saturated carbocycles. The molecule has 1 amide bonds. The van der Waals surface area contributed by atoms with Gasteiger partial charge in [-0.1, -0.05) is 0 Å². The number of rotatable bonds is 1. The minimum absolute atomic E-state index is 0.0257. The number of amides is 1. The summed E-state index contributed by atoms with van der Waals surface area (Å²) in [5, 5.41) is 0. The zero-order valence-electron chi connectivity index (χ0n) is 10.8. The molecule has 6 nitrogen and oxygen atoms in total. The molecule has 3 fully saturated rings. The summed E-state index contributed by atoms with van der Waals surface area (Å²) in [6, 6.07) is 0. The molecule has 102 valence electrons. The van der Waals surface area contributed by atoms with Crippen LogP contribution >= 0.6 is 0 Å². The molecule has 0 aromatic carbocycles. The van der Waals surface area contributed by atoms with Gasteiger partial charge in [0.15, 0.2) is 12.1 Å². The quantitative estimate of drug-likeness (QED) is 0.667. The third-order valence-corrected chi connectivity index (χ3v) is 3.48. The van der Waals surface area contributed by atoms with Gasteiger partial charge in [0.2, 0.25) is 0 Å². The number of morpholine rings is 1. The van der Waals surface area contributed by atoms with Crippen LogP contribution < -0.4 is 0 Å². The van der Waals surface area contributed by atoms with Gasteiger partial charge in [0.25, 0.3) is 5.91 Å². The fourth-order valence-corrected chi connectivity index (χ4v) is 2.65. The van der Waals surface area contributed by atoms with Crippen LogP contribution in [0.3, 0.4) is 0 Å². The number of hydrogen-bond acceptors (Lipinski definition) is 5. The standard InChI is InChI=1S/C12H19NO5/c1-12(2)17-9-7-8(16-11(9)18-12)10(14)13-3-5-15-6-4-13/h8-9,11H,3-7H2,1-2H3/t8?,9?,11-/m0/s1. The molecule has 3 aliphatic rings. The molecule has 3 rings (SSSR count). The Balaban J connectivity index is 1.58. The summed E-state index contributed by atoms with van der Waals surface area (Å²) in [6.07, 6.45) is -0.399. The molecule has 18 heavy (non-hydrogen) atoms. The third-order valence-electron chi connectivity index (χ3n) is 3.48. The molecule has 3 saturated heterocycles. The number of carbonyl (C=O) groups excluding carboxylic acids is 1. The van der Waals surface area contributed by atoms with Crippen molar-refractivity contribution in [2.75, 3.05) is 26.3 Å². The second-order valence-electron chi connectivity index (χ2n) is 5.34. The van der Waals surface area contributed by atoms with Crippen LogP contribution in [0.25, 0.3) is 0 Å². The number of hydrogen-bond donors (Lipinski definition) is 0. The smallest absolute Gasteiger partial charge is 0.252 e. The first kappa shape index (κ1) is 12.3. The van der Waals surface area contributed by atoms with Gasteiger partial charge < -0.3 is 23.8 Å². The summed E-state index contributed by atoms with van der Waals surface area (Å²) in [4.78, 5) is 14.0. The molecule has 0 aliphatic carbocycles. The first-order valence-corrected chi connectivity index (χ1v) is 6.43. The monoisotopic (exact) mass is 257 g/mol. The maximum Gasteiger partial charge on any atom is 0.252 e. The first-order chi connectivity index (χ1) is 8.55. The number of nitrogens with zero attached hydrogens (tertiary/aromatic N) is 1.